The Morgan fingerprint density at radius 3 is 2.71 bits per heavy atom. The number of ketones is 1. The Kier molecular flexibility index (Phi) is 4.97. The Labute approximate surface area is 127 Å². The van der Waals surface area contributed by atoms with Gasteiger partial charge in [0.05, 0.1) is 11.7 Å². The molecule has 4 heteroatoms. The zero-order chi connectivity index (χ0) is 14.7. The van der Waals surface area contributed by atoms with Gasteiger partial charge in [0.1, 0.15) is 5.78 Å². The quantitative estimate of drug-likeness (QED) is 0.782. The first-order valence-corrected chi connectivity index (χ1v) is 8.57. The van der Waals surface area contributed by atoms with E-state index in [1.807, 2.05) is 6.92 Å². The predicted molar refractivity (Wildman–Crippen MR) is 79.2 cm³/mol. The highest BCUT2D eigenvalue weighted by Gasteiger charge is 2.42. The number of carbonyl (C=O) groups excluding carboxylic acids is 1. The van der Waals surface area contributed by atoms with Gasteiger partial charge in [0, 0.05) is 38.8 Å². The number of Topliss-reactive ketones (excluding diaryl/α,β-unsaturated/α-hetero) is 1. The van der Waals surface area contributed by atoms with E-state index in [2.05, 4.69) is 0 Å². The van der Waals surface area contributed by atoms with Crippen LogP contribution in [0.5, 0.6) is 0 Å². The second-order valence-corrected chi connectivity index (χ2v) is 6.92. The maximum atomic E-state index is 12.6. The van der Waals surface area contributed by atoms with E-state index in [0.29, 0.717) is 17.8 Å². The Balaban J connectivity index is 1.46. The van der Waals surface area contributed by atoms with Gasteiger partial charge in [-0.3, -0.25) is 4.79 Å². The van der Waals surface area contributed by atoms with Crippen LogP contribution in [0, 0.1) is 11.8 Å². The third-order valence-electron chi connectivity index (χ3n) is 5.44. The maximum absolute atomic E-state index is 12.6. The molecule has 0 N–H and O–H groups in total. The van der Waals surface area contributed by atoms with E-state index in [0.717, 1.165) is 71.4 Å². The molecule has 3 rings (SSSR count). The van der Waals surface area contributed by atoms with Gasteiger partial charge in [-0.25, -0.2) is 0 Å². The van der Waals surface area contributed by atoms with Gasteiger partial charge in [-0.05, 0) is 51.4 Å². The second-order valence-electron chi connectivity index (χ2n) is 6.92. The van der Waals surface area contributed by atoms with Gasteiger partial charge >= 0.3 is 0 Å². The predicted octanol–water partition coefficient (Wildman–Crippen LogP) is 2.74. The molecule has 2 heterocycles. The number of ether oxygens (including phenoxy) is 3. The van der Waals surface area contributed by atoms with Crippen molar-refractivity contribution in [2.45, 2.75) is 63.6 Å². The van der Waals surface area contributed by atoms with E-state index in [-0.39, 0.29) is 11.5 Å². The fourth-order valence-electron chi connectivity index (χ4n) is 4.06. The molecular weight excluding hydrogens is 268 g/mol. The first-order valence-electron chi connectivity index (χ1n) is 8.57. The molecule has 0 aromatic carbocycles. The number of hydrogen-bond acceptors (Lipinski definition) is 4. The van der Waals surface area contributed by atoms with Crippen LogP contribution in [0.15, 0.2) is 0 Å². The molecule has 0 aromatic heterocycles. The van der Waals surface area contributed by atoms with Crippen LogP contribution in [-0.2, 0) is 19.0 Å². The molecule has 1 unspecified atom stereocenters. The summed E-state index contributed by atoms with van der Waals surface area (Å²) in [6.07, 6.45) is 7.02. The lowest BCUT2D eigenvalue weighted by molar-refractivity contribution is -0.158. The van der Waals surface area contributed by atoms with Crippen LogP contribution in [-0.4, -0.2) is 43.9 Å². The minimum absolute atomic E-state index is 0.0652. The molecule has 4 nitrogen and oxygen atoms in total. The summed E-state index contributed by atoms with van der Waals surface area (Å²) in [6.45, 7) is 5.12. The fourth-order valence-corrected chi connectivity index (χ4v) is 4.06. The van der Waals surface area contributed by atoms with Gasteiger partial charge in [-0.2, -0.15) is 0 Å². The first-order chi connectivity index (χ1) is 10.2. The highest BCUT2D eigenvalue weighted by Crippen LogP contribution is 2.40. The minimum atomic E-state index is -0.0652. The third-order valence-corrected chi connectivity index (χ3v) is 5.44. The summed E-state index contributed by atoms with van der Waals surface area (Å²) in [5.41, 5.74) is -0.0652. The molecule has 1 aliphatic carbocycles. The molecular formula is C17H28O4. The summed E-state index contributed by atoms with van der Waals surface area (Å²) in [5.74, 6) is 1.23. The largest absolute Gasteiger partial charge is 0.381 e. The van der Waals surface area contributed by atoms with Crippen molar-refractivity contribution in [2.75, 3.05) is 26.4 Å². The SMILES string of the molecule is CCOC1CC(CC(=O)C2CCOC3(CCOCC3)C2)C1. The average Bonchev–Trinajstić information content (AvgIpc) is 2.46. The molecule has 2 saturated heterocycles. The smallest absolute Gasteiger partial charge is 0.136 e. The lowest BCUT2D eigenvalue weighted by Crippen LogP contribution is -2.46. The lowest BCUT2D eigenvalue weighted by Gasteiger charge is -2.43. The molecule has 0 amide bonds. The summed E-state index contributed by atoms with van der Waals surface area (Å²) in [5, 5.41) is 0. The highest BCUT2D eigenvalue weighted by atomic mass is 16.5. The minimum Gasteiger partial charge on any atom is -0.381 e. The van der Waals surface area contributed by atoms with Crippen LogP contribution < -0.4 is 0 Å². The van der Waals surface area contributed by atoms with E-state index >= 15 is 0 Å². The molecule has 1 spiro atoms. The number of hydrogen-bond donors (Lipinski definition) is 0. The van der Waals surface area contributed by atoms with E-state index in [9.17, 15) is 4.79 Å². The molecule has 120 valence electrons. The second kappa shape index (κ2) is 6.76. The molecule has 0 radical (unpaired) electrons. The highest BCUT2D eigenvalue weighted by molar-refractivity contribution is 5.81. The van der Waals surface area contributed by atoms with Crippen LogP contribution >= 0.6 is 0 Å². The Hall–Kier alpha value is -0.450. The molecule has 2 aliphatic heterocycles. The molecule has 1 saturated carbocycles. The van der Waals surface area contributed by atoms with E-state index in [4.69, 9.17) is 14.2 Å². The van der Waals surface area contributed by atoms with E-state index < -0.39 is 0 Å². The van der Waals surface area contributed by atoms with Gasteiger partial charge in [-0.1, -0.05) is 0 Å². The van der Waals surface area contributed by atoms with E-state index in [1.165, 1.54) is 0 Å². The number of carbonyl (C=O) groups is 1. The van der Waals surface area contributed by atoms with Crippen LogP contribution in [0.2, 0.25) is 0 Å². The zero-order valence-corrected chi connectivity index (χ0v) is 13.1. The molecule has 3 fully saturated rings. The van der Waals surface area contributed by atoms with Crippen molar-refractivity contribution in [1.82, 2.24) is 0 Å². The summed E-state index contributed by atoms with van der Waals surface area (Å²) in [4.78, 5) is 12.6. The van der Waals surface area contributed by atoms with Gasteiger partial charge in [0.2, 0.25) is 0 Å². The Bertz CT molecular complexity index is 350. The van der Waals surface area contributed by atoms with Crippen molar-refractivity contribution in [2.24, 2.45) is 11.8 Å². The van der Waals surface area contributed by atoms with Crippen LogP contribution in [0.25, 0.3) is 0 Å². The zero-order valence-electron chi connectivity index (χ0n) is 13.1. The molecule has 1 atom stereocenters. The van der Waals surface area contributed by atoms with Crippen LogP contribution in [0.4, 0.5) is 0 Å². The Morgan fingerprint density at radius 1 is 1.24 bits per heavy atom. The van der Waals surface area contributed by atoms with Crippen molar-refractivity contribution in [3.63, 3.8) is 0 Å². The van der Waals surface area contributed by atoms with Crippen molar-refractivity contribution in [3.05, 3.63) is 0 Å². The standard InChI is InChI=1S/C17H28O4/c1-2-20-15-9-13(10-15)11-16(18)14-3-6-21-17(12-14)4-7-19-8-5-17/h13-15H,2-12H2,1H3. The van der Waals surface area contributed by atoms with Gasteiger partial charge < -0.3 is 14.2 Å². The molecule has 0 bridgehead atoms. The number of rotatable bonds is 5. The van der Waals surface area contributed by atoms with Crippen molar-refractivity contribution in [1.29, 1.82) is 0 Å². The average molecular weight is 296 g/mol. The summed E-state index contributed by atoms with van der Waals surface area (Å²) in [7, 11) is 0. The van der Waals surface area contributed by atoms with Gasteiger partial charge in [-0.15, -0.1) is 0 Å². The third kappa shape index (κ3) is 3.66. The van der Waals surface area contributed by atoms with E-state index in [1.54, 1.807) is 0 Å². The van der Waals surface area contributed by atoms with Crippen LogP contribution in [0.1, 0.15) is 51.9 Å². The summed E-state index contributed by atoms with van der Waals surface area (Å²) >= 11 is 0. The maximum Gasteiger partial charge on any atom is 0.136 e. The van der Waals surface area contributed by atoms with Crippen molar-refractivity contribution in [3.8, 4) is 0 Å². The topological polar surface area (TPSA) is 44.8 Å². The van der Waals surface area contributed by atoms with Crippen molar-refractivity contribution >= 4 is 5.78 Å². The lowest BCUT2D eigenvalue weighted by atomic mass is 9.73. The van der Waals surface area contributed by atoms with Gasteiger partial charge in [0.25, 0.3) is 0 Å². The first kappa shape index (κ1) is 15.4. The van der Waals surface area contributed by atoms with Gasteiger partial charge in [0.15, 0.2) is 0 Å². The van der Waals surface area contributed by atoms with Crippen molar-refractivity contribution < 1.29 is 19.0 Å². The fraction of sp³-hybridized carbons (Fsp3) is 0.941. The molecule has 0 aromatic rings. The summed E-state index contributed by atoms with van der Waals surface area (Å²) in [6, 6.07) is 0. The van der Waals surface area contributed by atoms with Crippen LogP contribution in [0.3, 0.4) is 0 Å². The molecule has 21 heavy (non-hydrogen) atoms. The monoisotopic (exact) mass is 296 g/mol. The summed E-state index contributed by atoms with van der Waals surface area (Å²) < 4.78 is 17.0. The molecule has 3 aliphatic rings. The normalized spacial score (nSPS) is 35.4. The Morgan fingerprint density at radius 2 is 2.00 bits per heavy atom.